The van der Waals surface area contributed by atoms with E-state index in [1.165, 1.54) is 5.56 Å². The van der Waals surface area contributed by atoms with Crippen molar-refractivity contribution in [2.45, 2.75) is 13.0 Å². The van der Waals surface area contributed by atoms with Crippen LogP contribution in [0.25, 0.3) is 22.4 Å². The van der Waals surface area contributed by atoms with Gasteiger partial charge in [-0.05, 0) is 66.6 Å². The van der Waals surface area contributed by atoms with Gasteiger partial charge in [0, 0.05) is 22.5 Å². The van der Waals surface area contributed by atoms with Crippen LogP contribution in [0.4, 0.5) is 0 Å². The fraction of sp³-hybridized carbons (Fsp3) is 0.136. The van der Waals surface area contributed by atoms with E-state index in [2.05, 4.69) is 51.6 Å². The highest BCUT2D eigenvalue weighted by atomic mass is 79.9. The van der Waals surface area contributed by atoms with E-state index in [1.54, 1.807) is 18.4 Å². The number of hydrogen-bond acceptors (Lipinski definition) is 4. The molecule has 0 saturated carbocycles. The molecule has 0 aliphatic heterocycles. The number of benzene rings is 2. The molecule has 0 fully saturated rings. The number of aromatic hydroxyl groups is 1. The standard InChI is InChI=1S/C22H19BrN2O2/c23-18-6-3-15(4-7-18)9-10-24-14-17-12-16-5-8-19(26)13-20(16)25-22(17)21-2-1-11-27-21/h1-8,11-13,24,26H,9-10,14H2. The Hall–Kier alpha value is -2.63. The maximum absolute atomic E-state index is 9.74. The zero-order chi connectivity index (χ0) is 18.6. The highest BCUT2D eigenvalue weighted by Crippen LogP contribution is 2.27. The van der Waals surface area contributed by atoms with Crippen molar-refractivity contribution in [1.82, 2.24) is 10.3 Å². The third-order valence-electron chi connectivity index (χ3n) is 4.45. The van der Waals surface area contributed by atoms with Crippen LogP contribution in [0.15, 0.2) is 75.8 Å². The molecule has 0 saturated heterocycles. The summed E-state index contributed by atoms with van der Waals surface area (Å²) in [5, 5.41) is 14.2. The lowest BCUT2D eigenvalue weighted by Crippen LogP contribution is -2.17. The summed E-state index contributed by atoms with van der Waals surface area (Å²) in [6, 6.07) is 19.5. The molecule has 4 nitrogen and oxygen atoms in total. The predicted octanol–water partition coefficient (Wildman–Crippen LogP) is 5.30. The minimum absolute atomic E-state index is 0.209. The third kappa shape index (κ3) is 4.21. The van der Waals surface area contributed by atoms with Crippen molar-refractivity contribution in [2.24, 2.45) is 0 Å². The minimum atomic E-state index is 0.209. The van der Waals surface area contributed by atoms with E-state index in [9.17, 15) is 5.11 Å². The first-order chi connectivity index (χ1) is 13.2. The Labute approximate surface area is 166 Å². The van der Waals surface area contributed by atoms with Crippen molar-refractivity contribution < 1.29 is 9.52 Å². The molecule has 2 aromatic carbocycles. The maximum atomic E-state index is 9.74. The first-order valence-electron chi connectivity index (χ1n) is 8.81. The Morgan fingerprint density at radius 1 is 1.04 bits per heavy atom. The van der Waals surface area contributed by atoms with Gasteiger partial charge in [-0.2, -0.15) is 0 Å². The van der Waals surface area contributed by atoms with Gasteiger partial charge in [0.15, 0.2) is 5.76 Å². The summed E-state index contributed by atoms with van der Waals surface area (Å²) in [5.74, 6) is 0.936. The number of fused-ring (bicyclic) bond motifs is 1. The molecule has 0 amide bonds. The first kappa shape index (κ1) is 17.8. The molecule has 2 heterocycles. The Balaban J connectivity index is 1.53. The van der Waals surface area contributed by atoms with Crippen LogP contribution < -0.4 is 5.32 Å². The molecule has 4 rings (SSSR count). The predicted molar refractivity (Wildman–Crippen MR) is 111 cm³/mol. The molecule has 5 heteroatoms. The van der Waals surface area contributed by atoms with Gasteiger partial charge in [-0.25, -0.2) is 4.98 Å². The monoisotopic (exact) mass is 422 g/mol. The summed E-state index contributed by atoms with van der Waals surface area (Å²) in [4.78, 5) is 4.73. The number of aromatic nitrogens is 1. The Morgan fingerprint density at radius 2 is 1.89 bits per heavy atom. The summed E-state index contributed by atoms with van der Waals surface area (Å²) in [5.41, 5.74) is 3.91. The van der Waals surface area contributed by atoms with Crippen molar-refractivity contribution in [1.29, 1.82) is 0 Å². The highest BCUT2D eigenvalue weighted by molar-refractivity contribution is 9.10. The summed E-state index contributed by atoms with van der Waals surface area (Å²) in [6.45, 7) is 1.56. The molecule has 0 atom stereocenters. The molecular formula is C22H19BrN2O2. The van der Waals surface area contributed by atoms with Crippen molar-refractivity contribution in [3.05, 3.63) is 82.5 Å². The van der Waals surface area contributed by atoms with Crippen LogP contribution in [-0.4, -0.2) is 16.6 Å². The molecule has 0 unspecified atom stereocenters. The summed E-state index contributed by atoms with van der Waals surface area (Å²) in [7, 11) is 0. The summed E-state index contributed by atoms with van der Waals surface area (Å²) in [6.07, 6.45) is 2.60. The molecule has 0 aliphatic carbocycles. The summed E-state index contributed by atoms with van der Waals surface area (Å²) >= 11 is 3.46. The van der Waals surface area contributed by atoms with Crippen LogP contribution in [0.5, 0.6) is 5.75 Å². The number of phenols is 1. The summed E-state index contributed by atoms with van der Waals surface area (Å²) < 4.78 is 6.66. The van der Waals surface area contributed by atoms with E-state index in [1.807, 2.05) is 18.2 Å². The van der Waals surface area contributed by atoms with Gasteiger partial charge in [0.25, 0.3) is 0 Å². The minimum Gasteiger partial charge on any atom is -0.508 e. The van der Waals surface area contributed by atoms with Gasteiger partial charge in [0.1, 0.15) is 11.4 Å². The zero-order valence-corrected chi connectivity index (χ0v) is 16.2. The van der Waals surface area contributed by atoms with Crippen molar-refractivity contribution in [3.63, 3.8) is 0 Å². The van der Waals surface area contributed by atoms with Gasteiger partial charge in [0.05, 0.1) is 11.8 Å². The molecule has 2 N–H and O–H groups in total. The molecule has 0 bridgehead atoms. The number of halogens is 1. The Morgan fingerprint density at radius 3 is 2.67 bits per heavy atom. The van der Waals surface area contributed by atoms with Crippen LogP contribution in [-0.2, 0) is 13.0 Å². The van der Waals surface area contributed by atoms with Gasteiger partial charge in [-0.3, -0.25) is 0 Å². The molecule has 0 aliphatic rings. The number of nitrogens with zero attached hydrogens (tertiary/aromatic N) is 1. The number of nitrogens with one attached hydrogen (secondary N) is 1. The fourth-order valence-corrected chi connectivity index (χ4v) is 3.33. The van der Waals surface area contributed by atoms with E-state index in [0.29, 0.717) is 6.54 Å². The molecule has 27 heavy (non-hydrogen) atoms. The van der Waals surface area contributed by atoms with E-state index >= 15 is 0 Å². The van der Waals surface area contributed by atoms with E-state index in [-0.39, 0.29) is 5.75 Å². The van der Waals surface area contributed by atoms with Crippen molar-refractivity contribution >= 4 is 26.8 Å². The average molecular weight is 423 g/mol. The van der Waals surface area contributed by atoms with Crippen LogP contribution in [0.1, 0.15) is 11.1 Å². The number of pyridine rings is 1. The Bertz CT molecular complexity index is 1040. The van der Waals surface area contributed by atoms with Crippen LogP contribution in [0, 0.1) is 0 Å². The van der Waals surface area contributed by atoms with E-state index in [4.69, 9.17) is 9.40 Å². The normalized spacial score (nSPS) is 11.1. The molecule has 0 radical (unpaired) electrons. The molecule has 136 valence electrons. The van der Waals surface area contributed by atoms with Gasteiger partial charge < -0.3 is 14.8 Å². The highest BCUT2D eigenvalue weighted by Gasteiger charge is 2.12. The number of phenolic OH excluding ortho intramolecular Hbond substituents is 1. The maximum Gasteiger partial charge on any atom is 0.152 e. The molecule has 0 spiro atoms. The van der Waals surface area contributed by atoms with E-state index in [0.717, 1.165) is 45.4 Å². The van der Waals surface area contributed by atoms with Gasteiger partial charge in [-0.1, -0.05) is 28.1 Å². The lowest BCUT2D eigenvalue weighted by molar-refractivity contribution is 0.476. The second-order valence-electron chi connectivity index (χ2n) is 6.40. The smallest absolute Gasteiger partial charge is 0.152 e. The second-order valence-corrected chi connectivity index (χ2v) is 7.32. The fourth-order valence-electron chi connectivity index (χ4n) is 3.07. The van der Waals surface area contributed by atoms with Crippen LogP contribution in [0.2, 0.25) is 0 Å². The van der Waals surface area contributed by atoms with Crippen molar-refractivity contribution in [3.8, 4) is 17.2 Å². The van der Waals surface area contributed by atoms with Crippen molar-refractivity contribution in [2.75, 3.05) is 6.54 Å². The quantitative estimate of drug-likeness (QED) is 0.414. The van der Waals surface area contributed by atoms with Crippen LogP contribution >= 0.6 is 15.9 Å². The van der Waals surface area contributed by atoms with E-state index < -0.39 is 0 Å². The SMILES string of the molecule is Oc1ccc2cc(CNCCc3ccc(Br)cc3)c(-c3ccco3)nc2c1. The Kier molecular flexibility index (Phi) is 5.23. The van der Waals surface area contributed by atoms with Gasteiger partial charge >= 0.3 is 0 Å². The number of rotatable bonds is 6. The molecule has 4 aromatic rings. The first-order valence-corrected chi connectivity index (χ1v) is 9.60. The van der Waals surface area contributed by atoms with Gasteiger partial charge in [-0.15, -0.1) is 0 Å². The second kappa shape index (κ2) is 7.94. The largest absolute Gasteiger partial charge is 0.508 e. The topological polar surface area (TPSA) is 58.3 Å². The zero-order valence-electron chi connectivity index (χ0n) is 14.7. The molecular weight excluding hydrogens is 404 g/mol. The lowest BCUT2D eigenvalue weighted by atomic mass is 10.1. The average Bonchev–Trinajstić information content (AvgIpc) is 3.20. The number of hydrogen-bond donors (Lipinski definition) is 2. The molecule has 2 aromatic heterocycles. The van der Waals surface area contributed by atoms with Crippen LogP contribution in [0.3, 0.4) is 0 Å². The number of furan rings is 1. The third-order valence-corrected chi connectivity index (χ3v) is 4.98. The lowest BCUT2D eigenvalue weighted by Gasteiger charge is -2.11. The van der Waals surface area contributed by atoms with Gasteiger partial charge in [0.2, 0.25) is 0 Å².